The average Bonchev–Trinajstić information content (AvgIpc) is 2.56. The van der Waals surface area contributed by atoms with Crippen LogP contribution in [-0.4, -0.2) is 65.9 Å². The molecule has 0 aliphatic carbocycles. The van der Waals surface area contributed by atoms with Gasteiger partial charge >= 0.3 is 6.03 Å². The number of rotatable bonds is 3. The summed E-state index contributed by atoms with van der Waals surface area (Å²) in [6.07, 6.45) is 0. The van der Waals surface area contributed by atoms with Gasteiger partial charge in [-0.2, -0.15) is 0 Å². The lowest BCUT2D eigenvalue weighted by Crippen LogP contribution is -2.54. The zero-order valence-electron chi connectivity index (χ0n) is 13.7. The topological polar surface area (TPSA) is 69.9 Å². The molecule has 0 atom stereocenters. The Labute approximate surface area is 143 Å². The van der Waals surface area contributed by atoms with Gasteiger partial charge in [0.2, 0.25) is 0 Å². The normalized spacial score (nSPS) is 14.2. The van der Waals surface area contributed by atoms with Crippen LogP contribution in [-0.2, 0) is 0 Å². The first kappa shape index (κ1) is 19.1. The lowest BCUT2D eigenvalue weighted by atomic mass is 10.1. The molecule has 23 heavy (non-hydrogen) atoms. The van der Waals surface area contributed by atoms with E-state index in [0.717, 1.165) is 0 Å². The molecule has 1 aromatic rings. The zero-order valence-corrected chi connectivity index (χ0v) is 14.5. The smallest absolute Gasteiger partial charge is 0.320 e. The molecule has 0 spiro atoms. The Morgan fingerprint density at radius 3 is 2.09 bits per heavy atom. The van der Waals surface area contributed by atoms with E-state index in [1.165, 1.54) is 0 Å². The van der Waals surface area contributed by atoms with Crippen LogP contribution in [0, 0.1) is 0 Å². The Bertz CT molecular complexity index is 541. The number of anilines is 1. The van der Waals surface area contributed by atoms with E-state index in [9.17, 15) is 9.59 Å². The first-order valence-corrected chi connectivity index (χ1v) is 7.76. The standard InChI is InChI=1S/C16H24N4O2.ClH/c1-3-18(4-2)16(22)20-11-9-19(10-12-20)15(21)13-7-5-6-8-14(13)17;/h5-8H,3-4,9-12,17H2,1-2H3;1H. The maximum absolute atomic E-state index is 12.5. The van der Waals surface area contributed by atoms with Crippen LogP contribution in [0.2, 0.25) is 0 Å². The predicted molar refractivity (Wildman–Crippen MR) is 93.9 cm³/mol. The largest absolute Gasteiger partial charge is 0.398 e. The van der Waals surface area contributed by atoms with E-state index in [-0.39, 0.29) is 24.3 Å². The first-order valence-electron chi connectivity index (χ1n) is 7.76. The third-order valence-electron chi connectivity index (χ3n) is 4.06. The van der Waals surface area contributed by atoms with E-state index in [1.54, 1.807) is 21.9 Å². The van der Waals surface area contributed by atoms with E-state index < -0.39 is 0 Å². The van der Waals surface area contributed by atoms with Crippen molar-refractivity contribution >= 4 is 30.0 Å². The summed E-state index contributed by atoms with van der Waals surface area (Å²) in [6.45, 7) is 7.56. The van der Waals surface area contributed by atoms with Crippen LogP contribution >= 0.6 is 12.4 Å². The molecule has 3 amide bonds. The zero-order chi connectivity index (χ0) is 16.1. The number of hydrogen-bond donors (Lipinski definition) is 1. The number of nitrogens with two attached hydrogens (primary N) is 1. The maximum atomic E-state index is 12.5. The van der Waals surface area contributed by atoms with Crippen molar-refractivity contribution in [1.29, 1.82) is 0 Å². The molecular formula is C16H25ClN4O2. The molecule has 0 radical (unpaired) electrons. The van der Waals surface area contributed by atoms with Crippen LogP contribution in [0.4, 0.5) is 10.5 Å². The maximum Gasteiger partial charge on any atom is 0.320 e. The van der Waals surface area contributed by atoms with Gasteiger partial charge in [-0.15, -0.1) is 12.4 Å². The van der Waals surface area contributed by atoms with Gasteiger partial charge in [0.15, 0.2) is 0 Å². The van der Waals surface area contributed by atoms with Gasteiger partial charge in [-0.05, 0) is 26.0 Å². The van der Waals surface area contributed by atoms with E-state index in [0.29, 0.717) is 50.5 Å². The van der Waals surface area contributed by atoms with Gasteiger partial charge in [0.25, 0.3) is 5.91 Å². The van der Waals surface area contributed by atoms with Crippen LogP contribution in [0.1, 0.15) is 24.2 Å². The van der Waals surface area contributed by atoms with Crippen LogP contribution in [0.15, 0.2) is 24.3 Å². The number of para-hydroxylation sites is 1. The van der Waals surface area contributed by atoms with E-state index in [1.807, 2.05) is 30.9 Å². The van der Waals surface area contributed by atoms with E-state index in [4.69, 9.17) is 5.73 Å². The molecule has 1 fully saturated rings. The minimum atomic E-state index is -0.0620. The van der Waals surface area contributed by atoms with Gasteiger partial charge in [-0.3, -0.25) is 4.79 Å². The summed E-state index contributed by atoms with van der Waals surface area (Å²) in [5.41, 5.74) is 6.89. The molecule has 0 unspecified atom stereocenters. The monoisotopic (exact) mass is 340 g/mol. The number of carbonyl (C=O) groups excluding carboxylic acids is 2. The van der Waals surface area contributed by atoms with Crippen molar-refractivity contribution in [3.63, 3.8) is 0 Å². The van der Waals surface area contributed by atoms with E-state index >= 15 is 0 Å². The van der Waals surface area contributed by atoms with Crippen LogP contribution in [0.25, 0.3) is 0 Å². The molecule has 128 valence electrons. The SMILES string of the molecule is CCN(CC)C(=O)N1CCN(C(=O)c2ccccc2N)CC1.Cl. The molecular weight excluding hydrogens is 316 g/mol. The number of nitrogens with zero attached hydrogens (tertiary/aromatic N) is 3. The van der Waals surface area contributed by atoms with Gasteiger partial charge in [0.05, 0.1) is 5.56 Å². The van der Waals surface area contributed by atoms with Crippen molar-refractivity contribution in [3.8, 4) is 0 Å². The van der Waals surface area contributed by atoms with Gasteiger partial charge in [-0.1, -0.05) is 12.1 Å². The highest BCUT2D eigenvalue weighted by molar-refractivity contribution is 5.99. The second-order valence-corrected chi connectivity index (χ2v) is 5.32. The van der Waals surface area contributed by atoms with Gasteiger partial charge in [-0.25, -0.2) is 4.79 Å². The molecule has 0 bridgehead atoms. The van der Waals surface area contributed by atoms with Crippen molar-refractivity contribution in [2.45, 2.75) is 13.8 Å². The summed E-state index contributed by atoms with van der Waals surface area (Å²) in [5, 5.41) is 0. The second-order valence-electron chi connectivity index (χ2n) is 5.32. The summed E-state index contributed by atoms with van der Waals surface area (Å²) in [5.74, 6) is -0.0620. The number of halogens is 1. The van der Waals surface area contributed by atoms with Crippen molar-refractivity contribution in [2.75, 3.05) is 45.0 Å². The molecule has 1 aliphatic rings. The molecule has 0 saturated carbocycles. The second kappa shape index (κ2) is 8.62. The minimum absolute atomic E-state index is 0. The van der Waals surface area contributed by atoms with Crippen LogP contribution in [0.5, 0.6) is 0 Å². The average molecular weight is 341 g/mol. The number of piperazine rings is 1. The number of nitrogen functional groups attached to an aromatic ring is 1. The van der Waals surface area contributed by atoms with E-state index in [2.05, 4.69) is 0 Å². The Morgan fingerprint density at radius 1 is 1.04 bits per heavy atom. The molecule has 0 aromatic heterocycles. The molecule has 1 aliphatic heterocycles. The van der Waals surface area contributed by atoms with Crippen LogP contribution in [0.3, 0.4) is 0 Å². The summed E-state index contributed by atoms with van der Waals surface area (Å²) < 4.78 is 0. The van der Waals surface area contributed by atoms with Crippen molar-refractivity contribution in [2.24, 2.45) is 0 Å². The molecule has 2 N–H and O–H groups in total. The highest BCUT2D eigenvalue weighted by Gasteiger charge is 2.27. The number of hydrogen-bond acceptors (Lipinski definition) is 3. The van der Waals surface area contributed by atoms with Gasteiger partial charge in [0, 0.05) is 45.0 Å². The fourth-order valence-corrected chi connectivity index (χ4v) is 2.66. The van der Waals surface area contributed by atoms with Crippen molar-refractivity contribution < 1.29 is 9.59 Å². The molecule has 1 heterocycles. The van der Waals surface area contributed by atoms with Crippen molar-refractivity contribution in [1.82, 2.24) is 14.7 Å². The third-order valence-corrected chi connectivity index (χ3v) is 4.06. The predicted octanol–water partition coefficient (Wildman–Crippen LogP) is 1.91. The highest BCUT2D eigenvalue weighted by atomic mass is 35.5. The molecule has 1 aromatic carbocycles. The fourth-order valence-electron chi connectivity index (χ4n) is 2.66. The lowest BCUT2D eigenvalue weighted by Gasteiger charge is -2.37. The summed E-state index contributed by atoms with van der Waals surface area (Å²) >= 11 is 0. The van der Waals surface area contributed by atoms with Gasteiger partial charge < -0.3 is 20.4 Å². The highest BCUT2D eigenvalue weighted by Crippen LogP contribution is 2.15. The lowest BCUT2D eigenvalue weighted by molar-refractivity contribution is 0.0642. The Hall–Kier alpha value is -1.95. The molecule has 1 saturated heterocycles. The van der Waals surface area contributed by atoms with Crippen molar-refractivity contribution in [3.05, 3.63) is 29.8 Å². The first-order chi connectivity index (χ1) is 10.6. The molecule has 2 rings (SSSR count). The summed E-state index contributed by atoms with van der Waals surface area (Å²) in [4.78, 5) is 30.1. The number of urea groups is 1. The summed E-state index contributed by atoms with van der Waals surface area (Å²) in [6, 6.07) is 7.14. The Balaban J connectivity index is 0.00000264. The summed E-state index contributed by atoms with van der Waals surface area (Å²) in [7, 11) is 0. The minimum Gasteiger partial charge on any atom is -0.398 e. The quantitative estimate of drug-likeness (QED) is 0.854. The van der Waals surface area contributed by atoms with Gasteiger partial charge in [0.1, 0.15) is 0 Å². The molecule has 7 heteroatoms. The Morgan fingerprint density at radius 2 is 1.57 bits per heavy atom. The Kier molecular flexibility index (Phi) is 7.16. The van der Waals surface area contributed by atoms with Crippen LogP contribution < -0.4 is 5.73 Å². The third kappa shape index (κ3) is 4.28. The fraction of sp³-hybridized carbons (Fsp3) is 0.500. The number of benzene rings is 1. The number of amides is 3. The number of carbonyl (C=O) groups is 2. The molecule has 6 nitrogen and oxygen atoms in total.